The van der Waals surface area contributed by atoms with Crippen molar-refractivity contribution in [1.82, 2.24) is 4.57 Å². The van der Waals surface area contributed by atoms with E-state index in [0.29, 0.717) is 20.9 Å². The third kappa shape index (κ3) is 4.57. The molecule has 0 spiro atoms. The highest BCUT2D eigenvalue weighted by Gasteiger charge is 2.30. The summed E-state index contributed by atoms with van der Waals surface area (Å²) in [6.45, 7) is 1.68. The summed E-state index contributed by atoms with van der Waals surface area (Å²) < 4.78 is 7.21. The highest BCUT2D eigenvalue weighted by molar-refractivity contribution is 7.16. The van der Waals surface area contributed by atoms with Crippen molar-refractivity contribution in [2.24, 2.45) is 4.99 Å². The molecular formula is C22H17Cl2N3O5S. The molecule has 1 aromatic heterocycles. The summed E-state index contributed by atoms with van der Waals surface area (Å²) in [5, 5.41) is 0.529. The number of benzene rings is 2. The van der Waals surface area contributed by atoms with Crippen LogP contribution in [0.25, 0.3) is 10.2 Å². The van der Waals surface area contributed by atoms with Crippen LogP contribution in [0.5, 0.6) is 0 Å². The average Bonchev–Trinajstić information content (AvgIpc) is 3.30. The molecule has 0 saturated carbocycles. The maximum atomic E-state index is 13.0. The Morgan fingerprint density at radius 2 is 1.85 bits per heavy atom. The SMILES string of the molecule is CCOC(=O)Cn1c(=NC(=O)c2cccc(N3C(=O)CCC3=O)c2)sc2ccc(Cl)c(Cl)c21. The first-order chi connectivity index (χ1) is 15.8. The number of carbonyl (C=O) groups is 4. The zero-order chi connectivity index (χ0) is 23.7. The van der Waals surface area contributed by atoms with Crippen LogP contribution in [0.4, 0.5) is 5.69 Å². The van der Waals surface area contributed by atoms with Crippen LogP contribution < -0.4 is 9.70 Å². The zero-order valence-corrected chi connectivity index (χ0v) is 19.7. The van der Waals surface area contributed by atoms with Crippen molar-refractivity contribution in [3.63, 3.8) is 0 Å². The van der Waals surface area contributed by atoms with E-state index < -0.39 is 11.9 Å². The minimum Gasteiger partial charge on any atom is -0.465 e. The van der Waals surface area contributed by atoms with E-state index >= 15 is 0 Å². The third-order valence-electron chi connectivity index (χ3n) is 4.93. The summed E-state index contributed by atoms with van der Waals surface area (Å²) >= 11 is 13.7. The minimum atomic E-state index is -0.609. The van der Waals surface area contributed by atoms with Crippen LogP contribution in [-0.4, -0.2) is 34.9 Å². The predicted octanol–water partition coefficient (Wildman–Crippen LogP) is 3.97. The molecule has 170 valence electrons. The third-order valence-corrected chi connectivity index (χ3v) is 6.76. The molecule has 1 fully saturated rings. The van der Waals surface area contributed by atoms with Gasteiger partial charge in [0.15, 0.2) is 4.80 Å². The van der Waals surface area contributed by atoms with E-state index in [4.69, 9.17) is 27.9 Å². The van der Waals surface area contributed by atoms with Crippen molar-refractivity contribution in [3.8, 4) is 0 Å². The molecular weight excluding hydrogens is 489 g/mol. The van der Waals surface area contributed by atoms with Gasteiger partial charge in [-0.05, 0) is 37.3 Å². The van der Waals surface area contributed by atoms with Gasteiger partial charge in [0, 0.05) is 18.4 Å². The monoisotopic (exact) mass is 505 g/mol. The number of esters is 1. The molecule has 1 aliphatic rings. The number of ether oxygens (including phenoxy) is 1. The van der Waals surface area contributed by atoms with Gasteiger partial charge >= 0.3 is 5.97 Å². The molecule has 0 aliphatic carbocycles. The van der Waals surface area contributed by atoms with Crippen LogP contribution in [0.3, 0.4) is 0 Å². The second-order valence-electron chi connectivity index (χ2n) is 7.07. The maximum absolute atomic E-state index is 13.0. The van der Waals surface area contributed by atoms with Gasteiger partial charge in [-0.25, -0.2) is 0 Å². The fourth-order valence-corrected chi connectivity index (χ4v) is 4.98. The molecule has 1 aliphatic heterocycles. The summed E-state index contributed by atoms with van der Waals surface area (Å²) in [5.41, 5.74) is 0.967. The molecule has 8 nitrogen and oxygen atoms in total. The summed E-state index contributed by atoms with van der Waals surface area (Å²) in [7, 11) is 0. The van der Waals surface area contributed by atoms with Gasteiger partial charge in [0.25, 0.3) is 5.91 Å². The minimum absolute atomic E-state index is 0.139. The number of rotatable bonds is 5. The molecule has 0 bridgehead atoms. The molecule has 1 saturated heterocycles. The van der Waals surface area contributed by atoms with E-state index in [9.17, 15) is 19.2 Å². The van der Waals surface area contributed by atoms with Gasteiger partial charge in [-0.15, -0.1) is 0 Å². The van der Waals surface area contributed by atoms with E-state index in [2.05, 4.69) is 4.99 Å². The first-order valence-electron chi connectivity index (χ1n) is 9.98. The van der Waals surface area contributed by atoms with Crippen LogP contribution in [0.1, 0.15) is 30.1 Å². The van der Waals surface area contributed by atoms with Gasteiger partial charge in [-0.2, -0.15) is 4.99 Å². The molecule has 2 heterocycles. The first kappa shape index (κ1) is 23.2. The number of anilines is 1. The van der Waals surface area contributed by atoms with Gasteiger partial charge < -0.3 is 9.30 Å². The van der Waals surface area contributed by atoms with E-state index in [1.54, 1.807) is 31.2 Å². The van der Waals surface area contributed by atoms with Crippen LogP contribution in [-0.2, 0) is 25.7 Å². The lowest BCUT2D eigenvalue weighted by Crippen LogP contribution is -2.28. The van der Waals surface area contributed by atoms with Gasteiger partial charge in [0.05, 0.1) is 32.6 Å². The number of hydrogen-bond acceptors (Lipinski definition) is 6. The highest BCUT2D eigenvalue weighted by Crippen LogP contribution is 2.32. The number of carbonyl (C=O) groups excluding carboxylic acids is 4. The molecule has 0 unspecified atom stereocenters. The molecule has 3 amide bonds. The summed E-state index contributed by atoms with van der Waals surface area (Å²) in [6.07, 6.45) is 0.278. The second-order valence-corrected chi connectivity index (χ2v) is 8.87. The van der Waals surface area contributed by atoms with E-state index in [1.807, 2.05) is 0 Å². The van der Waals surface area contributed by atoms with Crippen molar-refractivity contribution >= 4 is 74.1 Å². The van der Waals surface area contributed by atoms with Gasteiger partial charge in [0.1, 0.15) is 6.54 Å². The number of imide groups is 1. The van der Waals surface area contributed by atoms with Crippen molar-refractivity contribution in [2.75, 3.05) is 11.5 Å². The van der Waals surface area contributed by atoms with E-state index in [0.717, 1.165) is 4.90 Å². The zero-order valence-electron chi connectivity index (χ0n) is 17.3. The normalized spacial score (nSPS) is 14.4. The summed E-state index contributed by atoms with van der Waals surface area (Å²) in [6, 6.07) is 9.49. The molecule has 33 heavy (non-hydrogen) atoms. The molecule has 2 aromatic carbocycles. The first-order valence-corrected chi connectivity index (χ1v) is 11.5. The topological polar surface area (TPSA) is 98.0 Å². The molecule has 0 N–H and O–H groups in total. The Balaban J connectivity index is 1.79. The fraction of sp³-hybridized carbons (Fsp3) is 0.227. The van der Waals surface area contributed by atoms with Crippen molar-refractivity contribution in [1.29, 1.82) is 0 Å². The predicted molar refractivity (Wildman–Crippen MR) is 125 cm³/mol. The number of nitrogens with zero attached hydrogens (tertiary/aromatic N) is 3. The number of hydrogen-bond donors (Lipinski definition) is 0. The Bertz CT molecular complexity index is 1360. The standard InChI is InChI=1S/C22H17Cl2N3O5S/c1-2-32-18(30)11-26-20-15(7-6-14(23)19(20)24)33-22(26)25-21(31)12-4-3-5-13(10-12)27-16(28)8-9-17(27)29/h3-7,10H,2,8-9,11H2,1H3. The van der Waals surface area contributed by atoms with Crippen molar-refractivity contribution in [2.45, 2.75) is 26.3 Å². The quantitative estimate of drug-likeness (QED) is 0.386. The summed E-state index contributed by atoms with van der Waals surface area (Å²) in [5.74, 6) is -1.76. The number of amides is 3. The number of thiazole rings is 1. The van der Waals surface area contributed by atoms with Gasteiger partial charge in [-0.1, -0.05) is 40.6 Å². The van der Waals surface area contributed by atoms with E-state index in [-0.39, 0.29) is 53.2 Å². The van der Waals surface area contributed by atoms with E-state index in [1.165, 1.54) is 28.0 Å². The Hall–Kier alpha value is -3.01. The molecule has 0 atom stereocenters. The van der Waals surface area contributed by atoms with Gasteiger partial charge in [0.2, 0.25) is 11.8 Å². The smallest absolute Gasteiger partial charge is 0.326 e. The Morgan fingerprint density at radius 3 is 2.55 bits per heavy atom. The van der Waals surface area contributed by atoms with Crippen LogP contribution in [0, 0.1) is 0 Å². The van der Waals surface area contributed by atoms with Crippen LogP contribution in [0.15, 0.2) is 41.4 Å². The summed E-state index contributed by atoms with van der Waals surface area (Å²) in [4.78, 5) is 54.8. The molecule has 4 rings (SSSR count). The molecule has 0 radical (unpaired) electrons. The van der Waals surface area contributed by atoms with Crippen molar-refractivity contribution in [3.05, 3.63) is 56.8 Å². The Kier molecular flexibility index (Phi) is 6.64. The lowest BCUT2D eigenvalue weighted by Gasteiger charge is -2.14. The Labute approximate surface area is 202 Å². The average molecular weight is 506 g/mol. The van der Waals surface area contributed by atoms with Crippen molar-refractivity contribution < 1.29 is 23.9 Å². The van der Waals surface area contributed by atoms with Gasteiger partial charge in [-0.3, -0.25) is 24.1 Å². The fourth-order valence-electron chi connectivity index (χ4n) is 3.46. The number of aromatic nitrogens is 1. The molecule has 3 aromatic rings. The van der Waals surface area contributed by atoms with Crippen LogP contribution in [0.2, 0.25) is 10.0 Å². The second kappa shape index (κ2) is 9.46. The number of fused-ring (bicyclic) bond motifs is 1. The Morgan fingerprint density at radius 1 is 1.12 bits per heavy atom. The lowest BCUT2D eigenvalue weighted by atomic mass is 10.2. The lowest BCUT2D eigenvalue weighted by molar-refractivity contribution is -0.143. The van der Waals surface area contributed by atoms with Crippen LogP contribution >= 0.6 is 34.5 Å². The number of halogens is 2. The maximum Gasteiger partial charge on any atom is 0.326 e. The molecule has 11 heteroatoms. The largest absolute Gasteiger partial charge is 0.465 e. The highest BCUT2D eigenvalue weighted by atomic mass is 35.5.